The number of alkyl halides is 1. The van der Waals surface area contributed by atoms with Crippen LogP contribution in [0.3, 0.4) is 0 Å². The van der Waals surface area contributed by atoms with E-state index >= 15 is 0 Å². The third-order valence-electron chi connectivity index (χ3n) is 2.52. The predicted octanol–water partition coefficient (Wildman–Crippen LogP) is 4.41. The zero-order valence-electron chi connectivity index (χ0n) is 9.55. The summed E-state index contributed by atoms with van der Waals surface area (Å²) in [6.45, 7) is 0. The lowest BCUT2D eigenvalue weighted by Gasteiger charge is -2.10. The Kier molecular flexibility index (Phi) is 4.98. The Morgan fingerprint density at radius 1 is 1.06 bits per heavy atom. The molecule has 1 unspecified atom stereocenters. The van der Waals surface area contributed by atoms with Crippen LogP contribution in [0.15, 0.2) is 59.5 Å². The molecule has 0 aliphatic heterocycles. The second-order valence-corrected chi connectivity index (χ2v) is 7.63. The van der Waals surface area contributed by atoms with Crippen molar-refractivity contribution in [3.8, 4) is 0 Å². The minimum absolute atomic E-state index is 0.0962. The first kappa shape index (κ1) is 13.8. The van der Waals surface area contributed by atoms with E-state index in [1.54, 1.807) is 24.3 Å². The topological polar surface area (TPSA) is 17.1 Å². The van der Waals surface area contributed by atoms with E-state index in [9.17, 15) is 4.21 Å². The van der Waals surface area contributed by atoms with Crippen molar-refractivity contribution in [2.75, 3.05) is 0 Å². The van der Waals surface area contributed by atoms with Crippen LogP contribution >= 0.6 is 27.5 Å². The molecule has 0 heterocycles. The molecule has 0 aromatic heterocycles. The number of halogens is 2. The molecule has 0 N–H and O–H groups in total. The Hall–Kier alpha value is -0.640. The minimum atomic E-state index is -1.08. The fourth-order valence-corrected chi connectivity index (χ4v) is 3.78. The molecule has 0 spiro atoms. The standard InChI is InChI=1S/C14H12BrClOS/c15-14(10-11-4-2-1-3-5-11)18(17)13-8-6-12(16)7-9-13/h1-9,14H,10H2/t14-,18?/m0/s1. The molecule has 0 saturated carbocycles. The van der Waals surface area contributed by atoms with Gasteiger partial charge in [0.15, 0.2) is 0 Å². The van der Waals surface area contributed by atoms with Crippen LogP contribution in [0, 0.1) is 0 Å². The highest BCUT2D eigenvalue weighted by Gasteiger charge is 2.15. The van der Waals surface area contributed by atoms with Crippen LogP contribution < -0.4 is 0 Å². The van der Waals surface area contributed by atoms with Gasteiger partial charge in [-0.3, -0.25) is 4.21 Å². The van der Waals surface area contributed by atoms with Crippen LogP contribution in [0.4, 0.5) is 0 Å². The first-order chi connectivity index (χ1) is 8.66. The van der Waals surface area contributed by atoms with Crippen molar-refractivity contribution in [2.24, 2.45) is 0 Å². The van der Waals surface area contributed by atoms with Crippen molar-refractivity contribution in [2.45, 2.75) is 15.5 Å². The van der Waals surface area contributed by atoms with Crippen LogP contribution in [0.2, 0.25) is 5.02 Å². The van der Waals surface area contributed by atoms with E-state index in [1.165, 1.54) is 5.56 Å². The summed E-state index contributed by atoms with van der Waals surface area (Å²) >= 11 is 9.32. The number of hydrogen-bond donors (Lipinski definition) is 0. The van der Waals surface area contributed by atoms with Crippen molar-refractivity contribution in [1.29, 1.82) is 0 Å². The first-order valence-electron chi connectivity index (χ1n) is 5.51. The molecule has 4 heteroatoms. The summed E-state index contributed by atoms with van der Waals surface area (Å²) in [4.78, 5) is 0.789. The summed E-state index contributed by atoms with van der Waals surface area (Å²) < 4.78 is 12.2. The van der Waals surface area contributed by atoms with E-state index in [0.29, 0.717) is 5.02 Å². The van der Waals surface area contributed by atoms with Crippen LogP contribution in [0.1, 0.15) is 5.56 Å². The zero-order valence-corrected chi connectivity index (χ0v) is 12.7. The van der Waals surface area contributed by atoms with Gasteiger partial charge in [-0.2, -0.15) is 0 Å². The second kappa shape index (κ2) is 6.50. The van der Waals surface area contributed by atoms with Gasteiger partial charge >= 0.3 is 0 Å². The van der Waals surface area contributed by atoms with Gasteiger partial charge in [0, 0.05) is 9.92 Å². The maximum absolute atomic E-state index is 12.3. The molecular weight excluding hydrogens is 332 g/mol. The second-order valence-electron chi connectivity index (χ2n) is 3.85. The first-order valence-corrected chi connectivity index (χ1v) is 8.01. The van der Waals surface area contributed by atoms with E-state index in [4.69, 9.17) is 11.6 Å². The molecule has 2 aromatic rings. The predicted molar refractivity (Wildman–Crippen MR) is 80.7 cm³/mol. The largest absolute Gasteiger partial charge is 0.253 e. The Labute approximate surface area is 123 Å². The molecule has 2 atom stereocenters. The highest BCUT2D eigenvalue weighted by atomic mass is 79.9. The summed E-state index contributed by atoms with van der Waals surface area (Å²) in [6.07, 6.45) is 0.732. The molecular formula is C14H12BrClOS. The maximum Gasteiger partial charge on any atom is 0.0985 e. The summed E-state index contributed by atoms with van der Waals surface area (Å²) in [7, 11) is -1.08. The SMILES string of the molecule is O=S(c1ccc(Cl)cc1)[C@H](Br)Cc1ccccc1. The van der Waals surface area contributed by atoms with Crippen LogP contribution in [0.5, 0.6) is 0 Å². The van der Waals surface area contributed by atoms with Gasteiger partial charge in [0.1, 0.15) is 0 Å². The van der Waals surface area contributed by atoms with Gasteiger partial charge in [0.2, 0.25) is 0 Å². The highest BCUT2D eigenvalue weighted by Crippen LogP contribution is 2.21. The lowest BCUT2D eigenvalue weighted by atomic mass is 10.2. The fourth-order valence-electron chi connectivity index (χ4n) is 1.59. The van der Waals surface area contributed by atoms with Crippen molar-refractivity contribution >= 4 is 38.3 Å². The average molecular weight is 344 g/mol. The van der Waals surface area contributed by atoms with Gasteiger partial charge in [-0.25, -0.2) is 0 Å². The third kappa shape index (κ3) is 3.67. The van der Waals surface area contributed by atoms with Crippen LogP contribution in [-0.2, 0) is 17.2 Å². The normalized spacial score (nSPS) is 14.1. The fraction of sp³-hybridized carbons (Fsp3) is 0.143. The van der Waals surface area contributed by atoms with Gasteiger partial charge in [-0.1, -0.05) is 57.9 Å². The van der Waals surface area contributed by atoms with Crippen molar-refractivity contribution in [3.63, 3.8) is 0 Å². The number of hydrogen-bond acceptors (Lipinski definition) is 1. The zero-order chi connectivity index (χ0) is 13.0. The molecule has 2 rings (SSSR count). The summed E-state index contributed by atoms with van der Waals surface area (Å²) in [5.74, 6) is 0. The number of rotatable bonds is 4. The Bertz CT molecular complexity index is 527. The lowest BCUT2D eigenvalue weighted by Crippen LogP contribution is -2.10. The monoisotopic (exact) mass is 342 g/mol. The molecule has 0 amide bonds. The minimum Gasteiger partial charge on any atom is -0.253 e. The van der Waals surface area contributed by atoms with Crippen molar-refractivity contribution in [3.05, 3.63) is 65.2 Å². The van der Waals surface area contributed by atoms with E-state index in [0.717, 1.165) is 11.3 Å². The van der Waals surface area contributed by atoms with Gasteiger partial charge in [0.05, 0.1) is 15.0 Å². The van der Waals surface area contributed by atoms with Crippen molar-refractivity contribution < 1.29 is 4.21 Å². The molecule has 0 fully saturated rings. The molecule has 18 heavy (non-hydrogen) atoms. The van der Waals surface area contributed by atoms with Gasteiger partial charge in [-0.05, 0) is 36.2 Å². The molecule has 0 aliphatic rings. The van der Waals surface area contributed by atoms with Gasteiger partial charge < -0.3 is 0 Å². The molecule has 94 valence electrons. The molecule has 2 aromatic carbocycles. The highest BCUT2D eigenvalue weighted by molar-refractivity contribution is 9.11. The Morgan fingerprint density at radius 3 is 2.28 bits per heavy atom. The smallest absolute Gasteiger partial charge is 0.0985 e. The average Bonchev–Trinajstić information content (AvgIpc) is 2.40. The molecule has 1 nitrogen and oxygen atoms in total. The van der Waals surface area contributed by atoms with Gasteiger partial charge in [-0.15, -0.1) is 0 Å². The summed E-state index contributed by atoms with van der Waals surface area (Å²) in [6, 6.07) is 17.1. The summed E-state index contributed by atoms with van der Waals surface area (Å²) in [5, 5.41) is 0.657. The Balaban J connectivity index is 2.07. The molecule has 0 saturated heterocycles. The third-order valence-corrected chi connectivity index (χ3v) is 5.48. The van der Waals surface area contributed by atoms with Crippen molar-refractivity contribution in [1.82, 2.24) is 0 Å². The van der Waals surface area contributed by atoms with E-state index in [1.807, 2.05) is 30.3 Å². The number of benzene rings is 2. The quantitative estimate of drug-likeness (QED) is 0.751. The maximum atomic E-state index is 12.3. The van der Waals surface area contributed by atoms with Crippen LogP contribution in [-0.4, -0.2) is 8.37 Å². The lowest BCUT2D eigenvalue weighted by molar-refractivity contribution is 0.681. The van der Waals surface area contributed by atoms with Gasteiger partial charge in [0.25, 0.3) is 0 Å². The molecule has 0 radical (unpaired) electrons. The van der Waals surface area contributed by atoms with E-state index in [-0.39, 0.29) is 4.16 Å². The molecule has 0 bridgehead atoms. The molecule has 0 aliphatic carbocycles. The summed E-state index contributed by atoms with van der Waals surface area (Å²) in [5.41, 5.74) is 1.17. The van der Waals surface area contributed by atoms with E-state index in [2.05, 4.69) is 15.9 Å². The van der Waals surface area contributed by atoms with Crippen LogP contribution in [0.25, 0.3) is 0 Å². The Morgan fingerprint density at radius 2 is 1.67 bits per heavy atom. The van der Waals surface area contributed by atoms with E-state index < -0.39 is 10.8 Å².